The Morgan fingerprint density at radius 1 is 0.800 bits per heavy atom. The largest absolute Gasteiger partial charge is 0.508 e. The third-order valence-corrected chi connectivity index (χ3v) is 23.4. The topological polar surface area (TPSA) is 218 Å². The van der Waals surface area contributed by atoms with Gasteiger partial charge in [-0.05, 0) is 216 Å². The number of aryl methyl sites for hydroxylation is 3. The summed E-state index contributed by atoms with van der Waals surface area (Å²) in [5.41, 5.74) is 23.2. The Hall–Kier alpha value is -7.28. The predicted octanol–water partition coefficient (Wildman–Crippen LogP) is 13.0. The van der Waals surface area contributed by atoms with Crippen molar-refractivity contribution in [3.05, 3.63) is 224 Å². The van der Waals surface area contributed by atoms with Crippen molar-refractivity contribution in [1.29, 1.82) is 0 Å². The normalized spacial score (nSPS) is 29.8. The summed E-state index contributed by atoms with van der Waals surface area (Å²) in [4.78, 5) is 5.22. The average molecular weight is 1230 g/mol. The zero-order chi connectivity index (χ0) is 62.1. The maximum Gasteiger partial charge on any atom is 0.268 e. The minimum Gasteiger partial charge on any atom is -0.508 e. The monoisotopic (exact) mass is 1230 g/mol. The summed E-state index contributed by atoms with van der Waals surface area (Å²) in [5.74, 6) is 4.94. The Bertz CT molecular complexity index is 4100. The number of rotatable bonds is 9. The number of aliphatic hydroxyl groups is 3. The van der Waals surface area contributed by atoms with E-state index >= 15 is 0 Å². The number of fused-ring (bicyclic) bond motifs is 13. The van der Waals surface area contributed by atoms with Gasteiger partial charge in [-0.25, -0.2) is 4.99 Å². The maximum atomic E-state index is 14.5. The van der Waals surface area contributed by atoms with Gasteiger partial charge in [-0.15, -0.1) is 0 Å². The molecule has 2 fully saturated rings. The van der Waals surface area contributed by atoms with Crippen LogP contribution in [0.15, 0.2) is 162 Å². The summed E-state index contributed by atoms with van der Waals surface area (Å²) < 4.78 is 55.7. The van der Waals surface area contributed by atoms with Crippen LogP contribution in [0, 0.1) is 41.4 Å². The Morgan fingerprint density at radius 3 is 2.38 bits per heavy atom. The first-order chi connectivity index (χ1) is 43.5. The van der Waals surface area contributed by atoms with Crippen molar-refractivity contribution in [2.24, 2.45) is 46.0 Å². The molecule has 0 aromatic heterocycles. The van der Waals surface area contributed by atoms with Gasteiger partial charge in [0.05, 0.1) is 23.1 Å². The smallest absolute Gasteiger partial charge is 0.268 e. The lowest BCUT2D eigenvalue weighted by atomic mass is 9.64. The van der Waals surface area contributed by atoms with E-state index in [2.05, 4.69) is 116 Å². The molecule has 14 atom stereocenters. The fourth-order valence-corrected chi connectivity index (χ4v) is 18.8. The van der Waals surface area contributed by atoms with E-state index in [1.807, 2.05) is 42.5 Å². The Labute approximate surface area is 529 Å². The summed E-state index contributed by atoms with van der Waals surface area (Å²) in [6.45, 7) is 2.10. The molecule has 13 heteroatoms. The molecule has 0 amide bonds. The number of hydrogen-bond acceptors (Lipinski definition) is 9. The number of guanidine groups is 1. The average Bonchev–Trinajstić information content (AvgIpc) is 1.35. The third-order valence-electron chi connectivity index (χ3n) is 22.1. The first-order valence-corrected chi connectivity index (χ1v) is 34.3. The fourth-order valence-electron chi connectivity index (χ4n) is 17.7. The van der Waals surface area contributed by atoms with E-state index in [-0.39, 0.29) is 66.9 Å². The number of allylic oxidation sites excluding steroid dienone is 1. The number of aliphatic imine (C=N–C) groups is 1. The van der Waals surface area contributed by atoms with Gasteiger partial charge in [0.2, 0.25) is 5.72 Å². The first-order valence-electron chi connectivity index (χ1n) is 32.8. The highest BCUT2D eigenvalue weighted by molar-refractivity contribution is 7.86. The van der Waals surface area contributed by atoms with Crippen molar-refractivity contribution in [1.82, 2.24) is 0 Å². The molecule has 90 heavy (non-hydrogen) atoms. The standard InChI is InChI=1S/C77H83N3O9S/c1-46-16-17-55-38-62-28-31-65(55)68(46)42-72(90(85,86)87)70-40-58-36-57(39-63-34-48(45-81)11-7-13-53-37-61(82)27-30-67(53)74(58)88-63)73(70)51-22-25-59(26-23-51)77(89-62,80-75(78)79)44-60(33-47-9-3-2-4-10-47)76(84)32-8-14-56(43-76)52-24-29-66-54(35-52)21-20-50-19-18-49-12-5-6-15-64(49)69(50)41-71(66)83/h2-6,9-10,12,15,18-19,22-31,35,37-38,40,46,48,56-57,60,63,68,70-74,81-84H,8,11,14,16-17,20-21,32-34,36,39,41-45H2,1H3,(H4,78,79,80)(H,85,86,87). The van der Waals surface area contributed by atoms with Crippen LogP contribution in [0.1, 0.15) is 174 Å². The number of phenols is 1. The number of aliphatic hydroxyl groups excluding tert-OH is 2. The lowest BCUT2D eigenvalue weighted by Crippen LogP contribution is -2.48. The van der Waals surface area contributed by atoms with Crippen LogP contribution in [0.4, 0.5) is 0 Å². The molecule has 9 N–H and O–H groups in total. The molecule has 1 saturated carbocycles. The van der Waals surface area contributed by atoms with Crippen LogP contribution in [0.5, 0.6) is 11.5 Å². The predicted molar refractivity (Wildman–Crippen MR) is 351 cm³/mol. The molecule has 5 heterocycles. The van der Waals surface area contributed by atoms with E-state index in [9.17, 15) is 33.4 Å². The van der Waals surface area contributed by atoms with Crippen LogP contribution >= 0.6 is 0 Å². The van der Waals surface area contributed by atoms with Crippen LogP contribution in [-0.2, 0) is 52.7 Å². The van der Waals surface area contributed by atoms with Crippen LogP contribution < -0.4 is 16.2 Å². The van der Waals surface area contributed by atoms with Gasteiger partial charge in [0.1, 0.15) is 17.6 Å². The van der Waals surface area contributed by atoms with Gasteiger partial charge >= 0.3 is 0 Å². The van der Waals surface area contributed by atoms with E-state index < -0.39 is 56.7 Å². The summed E-state index contributed by atoms with van der Waals surface area (Å²) in [7, 11) is -4.72. The molecular formula is C77H83N3O9S. The maximum absolute atomic E-state index is 14.5. The van der Waals surface area contributed by atoms with Crippen LogP contribution in [0.2, 0.25) is 0 Å². The summed E-state index contributed by atoms with van der Waals surface area (Å²) >= 11 is 0. The number of nitrogens with zero attached hydrogens (tertiary/aromatic N) is 1. The number of aromatic hydroxyl groups is 1. The van der Waals surface area contributed by atoms with Gasteiger partial charge in [-0.1, -0.05) is 146 Å². The Balaban J connectivity index is 0.877. The van der Waals surface area contributed by atoms with Crippen molar-refractivity contribution in [3.63, 3.8) is 0 Å². The SMILES string of the molecule is CC1CCc2cc3ccc2C1CC(S(=O)(=O)O)C1C=C2CC(CC4CC(CO)CC#Cc5cc(O)ccc5C2O4)C1c1ccc(cc1)C(CC(Cc1ccccc1)C1(O)CCCC(c2ccc4c(c2)CCc2ccc5ccccc5c2CC4O)C1)(N=C(N)N)O3. The molecule has 10 bridgehead atoms. The van der Waals surface area contributed by atoms with Gasteiger partial charge in [-0.3, -0.25) is 4.55 Å². The van der Waals surface area contributed by atoms with Gasteiger partial charge in [0, 0.05) is 48.5 Å². The van der Waals surface area contributed by atoms with Crippen molar-refractivity contribution in [2.75, 3.05) is 6.61 Å². The molecule has 4 aliphatic carbocycles. The third kappa shape index (κ3) is 11.8. The van der Waals surface area contributed by atoms with Crippen molar-refractivity contribution >= 4 is 26.9 Å². The minimum atomic E-state index is -4.72. The molecule has 7 aromatic carbocycles. The molecule has 12 nitrogen and oxygen atoms in total. The molecule has 5 aliphatic heterocycles. The second-order valence-corrected chi connectivity index (χ2v) is 29.3. The molecule has 466 valence electrons. The number of ether oxygens (including phenoxy) is 2. The van der Waals surface area contributed by atoms with Gasteiger partial charge < -0.3 is 41.4 Å². The van der Waals surface area contributed by atoms with Crippen LogP contribution in [0.3, 0.4) is 0 Å². The van der Waals surface area contributed by atoms with E-state index in [1.54, 1.807) is 12.1 Å². The first kappa shape index (κ1) is 60.3. The summed E-state index contributed by atoms with van der Waals surface area (Å²) in [6, 6.07) is 49.1. The summed E-state index contributed by atoms with van der Waals surface area (Å²) in [6.07, 6.45) is 9.83. The van der Waals surface area contributed by atoms with Gasteiger partial charge in [0.25, 0.3) is 10.1 Å². The quantitative estimate of drug-likeness (QED) is 0.0237. The number of benzene rings is 7. The highest BCUT2D eigenvalue weighted by Gasteiger charge is 2.51. The van der Waals surface area contributed by atoms with Crippen LogP contribution in [-0.4, -0.2) is 62.9 Å². The zero-order valence-corrected chi connectivity index (χ0v) is 52.1. The lowest BCUT2D eigenvalue weighted by Gasteiger charge is -2.46. The fraction of sp³-hybridized carbons (Fsp3) is 0.416. The molecule has 0 spiro atoms. The van der Waals surface area contributed by atoms with Gasteiger partial charge in [0.15, 0.2) is 5.96 Å². The lowest BCUT2D eigenvalue weighted by molar-refractivity contribution is -0.0834. The highest BCUT2D eigenvalue weighted by atomic mass is 32.2. The number of nitrogens with two attached hydrogens (primary N) is 2. The molecule has 0 radical (unpaired) electrons. The highest BCUT2D eigenvalue weighted by Crippen LogP contribution is 2.56. The van der Waals surface area contributed by atoms with Crippen molar-refractivity contribution < 1.29 is 42.9 Å². The van der Waals surface area contributed by atoms with Gasteiger partial charge in [-0.2, -0.15) is 8.42 Å². The van der Waals surface area contributed by atoms with E-state index in [0.29, 0.717) is 68.2 Å². The zero-order valence-electron chi connectivity index (χ0n) is 51.3. The molecule has 14 unspecified atom stereocenters. The molecule has 16 rings (SSSR count). The Kier molecular flexibility index (Phi) is 16.3. The second kappa shape index (κ2) is 24.4. The minimum absolute atomic E-state index is 0.0152. The van der Waals surface area contributed by atoms with E-state index in [4.69, 9.17) is 25.9 Å². The molecule has 1 saturated heterocycles. The van der Waals surface area contributed by atoms with Crippen LogP contribution in [0.25, 0.3) is 10.8 Å². The van der Waals surface area contributed by atoms with Crippen molar-refractivity contribution in [3.8, 4) is 23.3 Å². The number of hydrogen-bond donors (Lipinski definition) is 7. The van der Waals surface area contributed by atoms with E-state index in [1.165, 1.54) is 21.9 Å². The van der Waals surface area contributed by atoms with Crippen molar-refractivity contribution in [2.45, 2.75) is 162 Å². The molecule has 7 aromatic rings. The number of phenolic OH excluding ortho intramolecular Hbond substituents is 1. The molecule has 9 aliphatic rings. The Morgan fingerprint density at radius 2 is 1.57 bits per heavy atom. The second-order valence-electron chi connectivity index (χ2n) is 27.7. The molecular weight excluding hydrogens is 1140 g/mol. The summed E-state index contributed by atoms with van der Waals surface area (Å²) in [5, 5.41) is 48.5. The van der Waals surface area contributed by atoms with E-state index in [0.717, 1.165) is 88.6 Å².